The Hall–Kier alpha value is -0.300. The first-order valence-electron chi connectivity index (χ1n) is 5.22. The molecule has 12 heavy (non-hydrogen) atoms. The molecule has 0 aliphatic heterocycles. The van der Waals surface area contributed by atoms with Crippen LogP contribution in [0, 0.1) is 11.8 Å². The van der Waals surface area contributed by atoms with Crippen molar-refractivity contribution in [3.63, 3.8) is 0 Å². The molecule has 68 valence electrons. The zero-order chi connectivity index (χ0) is 8.39. The molecule has 0 radical (unpaired) electrons. The third-order valence-electron chi connectivity index (χ3n) is 3.38. The minimum atomic E-state index is -0.0472. The van der Waals surface area contributed by atoms with Crippen LogP contribution in [-0.4, -0.2) is 11.2 Å². The fraction of sp³-hybridized carbons (Fsp3) is 0.818. The minimum Gasteiger partial charge on any atom is -0.393 e. The van der Waals surface area contributed by atoms with Crippen molar-refractivity contribution in [3.8, 4) is 0 Å². The molecule has 3 unspecified atom stereocenters. The van der Waals surface area contributed by atoms with Crippen molar-refractivity contribution in [1.29, 1.82) is 0 Å². The van der Waals surface area contributed by atoms with E-state index in [1.54, 1.807) is 0 Å². The summed E-state index contributed by atoms with van der Waals surface area (Å²) in [5, 5.41) is 9.83. The second kappa shape index (κ2) is 3.61. The molecule has 2 rings (SSSR count). The van der Waals surface area contributed by atoms with E-state index < -0.39 is 0 Å². The Labute approximate surface area is 74.5 Å². The van der Waals surface area contributed by atoms with Gasteiger partial charge in [-0.1, -0.05) is 25.0 Å². The summed E-state index contributed by atoms with van der Waals surface area (Å²) in [4.78, 5) is 0. The third kappa shape index (κ3) is 1.56. The number of hydrogen-bond acceptors (Lipinski definition) is 1. The summed E-state index contributed by atoms with van der Waals surface area (Å²) >= 11 is 0. The number of hydrogen-bond donors (Lipinski definition) is 1. The summed E-state index contributed by atoms with van der Waals surface area (Å²) in [5.74, 6) is 1.27. The van der Waals surface area contributed by atoms with Gasteiger partial charge in [-0.2, -0.15) is 0 Å². The van der Waals surface area contributed by atoms with Crippen molar-refractivity contribution >= 4 is 0 Å². The molecular formula is C11H18O. The molecule has 1 nitrogen and oxygen atoms in total. The molecule has 0 aromatic carbocycles. The van der Waals surface area contributed by atoms with Crippen LogP contribution in [0.3, 0.4) is 0 Å². The molecule has 0 spiro atoms. The molecule has 2 aliphatic carbocycles. The smallest absolute Gasteiger partial charge is 0.0605 e. The Morgan fingerprint density at radius 3 is 2.83 bits per heavy atom. The highest BCUT2D eigenvalue weighted by Gasteiger charge is 2.29. The molecule has 1 saturated carbocycles. The average Bonchev–Trinajstić information content (AvgIpc) is 2.29. The quantitative estimate of drug-likeness (QED) is 0.548. The second-order valence-electron chi connectivity index (χ2n) is 4.19. The zero-order valence-electron chi connectivity index (χ0n) is 7.58. The van der Waals surface area contributed by atoms with Crippen LogP contribution < -0.4 is 0 Å². The van der Waals surface area contributed by atoms with Crippen LogP contribution in [0.2, 0.25) is 0 Å². The topological polar surface area (TPSA) is 20.2 Å². The van der Waals surface area contributed by atoms with Crippen molar-refractivity contribution in [1.82, 2.24) is 0 Å². The predicted octanol–water partition coefficient (Wildman–Crippen LogP) is 2.50. The van der Waals surface area contributed by atoms with Crippen LogP contribution in [0.4, 0.5) is 0 Å². The lowest BCUT2D eigenvalue weighted by molar-refractivity contribution is 0.0937. The Balaban J connectivity index is 2.10. The van der Waals surface area contributed by atoms with Crippen LogP contribution >= 0.6 is 0 Å². The Kier molecular flexibility index (Phi) is 2.50. The number of aliphatic hydroxyl groups excluding tert-OH is 1. The summed E-state index contributed by atoms with van der Waals surface area (Å²) in [5.41, 5.74) is 0. The largest absolute Gasteiger partial charge is 0.393 e. The molecule has 1 N–H and O–H groups in total. The van der Waals surface area contributed by atoms with E-state index in [1.165, 1.54) is 32.1 Å². The first-order chi connectivity index (χ1) is 5.88. The number of fused-ring (bicyclic) bond motifs is 1. The van der Waals surface area contributed by atoms with Gasteiger partial charge in [0.2, 0.25) is 0 Å². The van der Waals surface area contributed by atoms with Crippen molar-refractivity contribution in [2.75, 3.05) is 0 Å². The third-order valence-corrected chi connectivity index (χ3v) is 3.38. The molecule has 2 aliphatic rings. The highest BCUT2D eigenvalue weighted by Crippen LogP contribution is 2.35. The minimum absolute atomic E-state index is 0.0472. The Bertz CT molecular complexity index is 174. The Morgan fingerprint density at radius 2 is 1.92 bits per heavy atom. The fourth-order valence-electron chi connectivity index (χ4n) is 2.64. The van der Waals surface area contributed by atoms with Crippen molar-refractivity contribution < 1.29 is 5.11 Å². The van der Waals surface area contributed by atoms with Gasteiger partial charge in [0.1, 0.15) is 0 Å². The maximum atomic E-state index is 9.83. The SMILES string of the molecule is OC1CCCCC2CCC=CC12. The van der Waals surface area contributed by atoms with E-state index in [4.69, 9.17) is 0 Å². The standard InChI is InChI=1S/C11H18O/c12-11-8-4-2-6-9-5-1-3-7-10(9)11/h3,7,9-12H,1-2,4-6,8H2. The maximum absolute atomic E-state index is 9.83. The number of aliphatic hydroxyl groups is 1. The van der Waals surface area contributed by atoms with E-state index in [0.717, 1.165) is 12.3 Å². The number of rotatable bonds is 0. The highest BCUT2D eigenvalue weighted by molar-refractivity contribution is 5.00. The monoisotopic (exact) mass is 166 g/mol. The van der Waals surface area contributed by atoms with Gasteiger partial charge < -0.3 is 5.11 Å². The van der Waals surface area contributed by atoms with Crippen LogP contribution in [0.1, 0.15) is 38.5 Å². The van der Waals surface area contributed by atoms with Crippen molar-refractivity contribution in [2.45, 2.75) is 44.6 Å². The lowest BCUT2D eigenvalue weighted by Gasteiger charge is -2.28. The van der Waals surface area contributed by atoms with E-state index in [0.29, 0.717) is 5.92 Å². The van der Waals surface area contributed by atoms with E-state index in [2.05, 4.69) is 12.2 Å². The van der Waals surface area contributed by atoms with E-state index in [-0.39, 0.29) is 6.10 Å². The molecule has 1 heteroatoms. The molecule has 0 aromatic heterocycles. The predicted molar refractivity (Wildman–Crippen MR) is 49.8 cm³/mol. The van der Waals surface area contributed by atoms with Gasteiger partial charge in [0, 0.05) is 5.92 Å². The summed E-state index contributed by atoms with van der Waals surface area (Å²) in [6.45, 7) is 0. The highest BCUT2D eigenvalue weighted by atomic mass is 16.3. The van der Waals surface area contributed by atoms with Crippen molar-refractivity contribution in [2.24, 2.45) is 11.8 Å². The van der Waals surface area contributed by atoms with Gasteiger partial charge in [0.15, 0.2) is 0 Å². The van der Waals surface area contributed by atoms with E-state index in [1.807, 2.05) is 0 Å². The molecule has 3 atom stereocenters. The molecule has 1 fully saturated rings. The first-order valence-corrected chi connectivity index (χ1v) is 5.22. The summed E-state index contributed by atoms with van der Waals surface area (Å²) in [6, 6.07) is 0. The second-order valence-corrected chi connectivity index (χ2v) is 4.19. The Morgan fingerprint density at radius 1 is 1.08 bits per heavy atom. The number of allylic oxidation sites excluding steroid dienone is 1. The molecule has 0 bridgehead atoms. The van der Waals surface area contributed by atoms with Crippen molar-refractivity contribution in [3.05, 3.63) is 12.2 Å². The van der Waals surface area contributed by atoms with E-state index >= 15 is 0 Å². The van der Waals surface area contributed by atoms with Gasteiger partial charge in [-0.3, -0.25) is 0 Å². The van der Waals surface area contributed by atoms with Crippen LogP contribution in [0.5, 0.6) is 0 Å². The summed E-state index contributed by atoms with van der Waals surface area (Å²) < 4.78 is 0. The molecule has 0 heterocycles. The van der Waals surface area contributed by atoms with Gasteiger partial charge in [0.05, 0.1) is 6.10 Å². The fourth-order valence-corrected chi connectivity index (χ4v) is 2.64. The first kappa shape index (κ1) is 8.31. The van der Waals surface area contributed by atoms with E-state index in [9.17, 15) is 5.11 Å². The zero-order valence-corrected chi connectivity index (χ0v) is 7.58. The van der Waals surface area contributed by atoms with Crippen LogP contribution in [0.15, 0.2) is 12.2 Å². The van der Waals surface area contributed by atoms with Crippen LogP contribution in [-0.2, 0) is 0 Å². The van der Waals surface area contributed by atoms with Gasteiger partial charge >= 0.3 is 0 Å². The normalized spacial score (nSPS) is 41.9. The van der Waals surface area contributed by atoms with Crippen LogP contribution in [0.25, 0.3) is 0 Å². The molecule has 0 saturated heterocycles. The van der Waals surface area contributed by atoms with Gasteiger partial charge in [0.25, 0.3) is 0 Å². The average molecular weight is 166 g/mol. The summed E-state index contributed by atoms with van der Waals surface area (Å²) in [6.07, 6.45) is 11.9. The lowest BCUT2D eigenvalue weighted by atomic mass is 9.79. The molecule has 0 amide bonds. The maximum Gasteiger partial charge on any atom is 0.0605 e. The van der Waals surface area contributed by atoms with Gasteiger partial charge in [-0.05, 0) is 31.6 Å². The summed E-state index contributed by atoms with van der Waals surface area (Å²) in [7, 11) is 0. The molecule has 0 aromatic rings. The van der Waals surface area contributed by atoms with Gasteiger partial charge in [-0.25, -0.2) is 0 Å². The lowest BCUT2D eigenvalue weighted by Crippen LogP contribution is -2.26. The van der Waals surface area contributed by atoms with Gasteiger partial charge in [-0.15, -0.1) is 0 Å². The molecular weight excluding hydrogens is 148 g/mol.